The summed E-state index contributed by atoms with van der Waals surface area (Å²) in [5, 5.41) is 13.7. The van der Waals surface area contributed by atoms with Crippen molar-refractivity contribution in [3.8, 4) is 11.1 Å². The van der Waals surface area contributed by atoms with Gasteiger partial charge in [0.1, 0.15) is 0 Å². The molecule has 26 heavy (non-hydrogen) atoms. The molecule has 2 aromatic rings. The third-order valence-corrected chi connectivity index (χ3v) is 6.28. The quantitative estimate of drug-likeness (QED) is 0.884. The van der Waals surface area contributed by atoms with E-state index < -0.39 is 0 Å². The van der Waals surface area contributed by atoms with Crippen molar-refractivity contribution in [1.82, 2.24) is 10.2 Å². The molecule has 0 aliphatic carbocycles. The van der Waals surface area contributed by atoms with E-state index in [1.807, 2.05) is 0 Å². The van der Waals surface area contributed by atoms with Crippen molar-refractivity contribution >= 4 is 0 Å². The zero-order valence-electron chi connectivity index (χ0n) is 15.7. The molecule has 0 amide bonds. The molecule has 2 saturated heterocycles. The molecule has 2 aromatic carbocycles. The van der Waals surface area contributed by atoms with E-state index in [1.165, 1.54) is 28.7 Å². The van der Waals surface area contributed by atoms with Crippen molar-refractivity contribution in [3.05, 3.63) is 59.7 Å². The molecule has 0 bridgehead atoms. The molecule has 3 nitrogen and oxygen atoms in total. The Morgan fingerprint density at radius 2 is 2.00 bits per heavy atom. The molecule has 2 aliphatic rings. The van der Waals surface area contributed by atoms with Crippen molar-refractivity contribution < 1.29 is 5.11 Å². The second kappa shape index (κ2) is 7.51. The number of nitrogens with one attached hydrogen (secondary N) is 1. The Hall–Kier alpha value is -1.68. The number of rotatable bonds is 4. The highest BCUT2D eigenvalue weighted by Crippen LogP contribution is 2.37. The average Bonchev–Trinajstić information content (AvgIpc) is 2.68. The number of piperidine rings is 2. The first-order valence-corrected chi connectivity index (χ1v) is 9.91. The maximum atomic E-state index is 10.1. The Balaban J connectivity index is 1.44. The summed E-state index contributed by atoms with van der Waals surface area (Å²) in [5.41, 5.74) is 5.27. The fourth-order valence-corrected chi connectivity index (χ4v) is 4.80. The molecule has 0 spiro atoms. The van der Waals surface area contributed by atoms with Crippen LogP contribution in [0.15, 0.2) is 48.5 Å². The molecular weight excluding hydrogens is 320 g/mol. The van der Waals surface area contributed by atoms with Gasteiger partial charge in [-0.2, -0.15) is 0 Å². The highest BCUT2D eigenvalue weighted by Gasteiger charge is 2.44. The van der Waals surface area contributed by atoms with E-state index in [2.05, 4.69) is 65.7 Å². The van der Waals surface area contributed by atoms with Crippen molar-refractivity contribution in [2.24, 2.45) is 5.41 Å². The zero-order chi connectivity index (χ0) is 18.0. The molecule has 138 valence electrons. The van der Waals surface area contributed by atoms with E-state index in [4.69, 9.17) is 0 Å². The first kappa shape index (κ1) is 17.7. The lowest BCUT2D eigenvalue weighted by Gasteiger charge is -2.50. The van der Waals surface area contributed by atoms with Crippen molar-refractivity contribution in [2.45, 2.75) is 38.8 Å². The summed E-state index contributed by atoms with van der Waals surface area (Å²) in [7, 11) is 0. The molecule has 0 saturated carbocycles. The number of benzene rings is 2. The first-order valence-electron chi connectivity index (χ1n) is 9.91. The Morgan fingerprint density at radius 1 is 1.15 bits per heavy atom. The predicted octanol–water partition coefficient (Wildman–Crippen LogP) is 3.60. The van der Waals surface area contributed by atoms with Gasteiger partial charge < -0.3 is 10.4 Å². The Kier molecular flexibility index (Phi) is 5.12. The SMILES string of the molecule is Cc1cccc(-c2ccc(CN3CC[C@H]4NCCC[C@]4(CO)C3)cc2)c1. The second-order valence-corrected chi connectivity index (χ2v) is 8.20. The smallest absolute Gasteiger partial charge is 0.0514 e. The fraction of sp³-hybridized carbons (Fsp3) is 0.478. The summed E-state index contributed by atoms with van der Waals surface area (Å²) >= 11 is 0. The lowest BCUT2D eigenvalue weighted by atomic mass is 9.71. The minimum atomic E-state index is 0.0536. The van der Waals surface area contributed by atoms with Gasteiger partial charge in [0.15, 0.2) is 0 Å². The van der Waals surface area contributed by atoms with Gasteiger partial charge >= 0.3 is 0 Å². The molecule has 2 fully saturated rings. The maximum Gasteiger partial charge on any atom is 0.0514 e. The van der Waals surface area contributed by atoms with E-state index in [0.717, 1.165) is 39.0 Å². The summed E-state index contributed by atoms with van der Waals surface area (Å²) < 4.78 is 0. The minimum absolute atomic E-state index is 0.0536. The average molecular weight is 351 g/mol. The summed E-state index contributed by atoms with van der Waals surface area (Å²) in [4.78, 5) is 2.53. The van der Waals surface area contributed by atoms with Gasteiger partial charge in [0.25, 0.3) is 0 Å². The van der Waals surface area contributed by atoms with Gasteiger partial charge in [0.2, 0.25) is 0 Å². The number of aliphatic hydroxyl groups excluding tert-OH is 1. The molecule has 3 heteroatoms. The van der Waals surface area contributed by atoms with Crippen LogP contribution in [0.1, 0.15) is 30.4 Å². The van der Waals surface area contributed by atoms with Gasteiger partial charge in [-0.05, 0) is 49.4 Å². The van der Waals surface area contributed by atoms with Gasteiger partial charge in [0.05, 0.1) is 6.61 Å². The molecule has 0 aromatic heterocycles. The Bertz CT molecular complexity index is 742. The molecule has 2 heterocycles. The largest absolute Gasteiger partial charge is 0.396 e. The minimum Gasteiger partial charge on any atom is -0.396 e. The monoisotopic (exact) mass is 350 g/mol. The van der Waals surface area contributed by atoms with Gasteiger partial charge in [-0.25, -0.2) is 0 Å². The number of hydrogen-bond donors (Lipinski definition) is 2. The molecule has 2 atom stereocenters. The van der Waals surface area contributed by atoms with Crippen LogP contribution in [-0.4, -0.2) is 42.3 Å². The number of aryl methyl sites for hydroxylation is 1. The number of aliphatic hydroxyl groups is 1. The molecule has 4 rings (SSSR count). The van der Waals surface area contributed by atoms with Crippen LogP contribution in [0.2, 0.25) is 0 Å². The van der Waals surface area contributed by atoms with E-state index >= 15 is 0 Å². The van der Waals surface area contributed by atoms with E-state index in [-0.39, 0.29) is 5.41 Å². The number of nitrogens with zero attached hydrogens (tertiary/aromatic N) is 1. The van der Waals surface area contributed by atoms with Crippen molar-refractivity contribution in [2.75, 3.05) is 26.2 Å². The zero-order valence-corrected chi connectivity index (χ0v) is 15.7. The van der Waals surface area contributed by atoms with Crippen LogP contribution in [-0.2, 0) is 6.54 Å². The normalized spacial score (nSPS) is 26.5. The lowest BCUT2D eigenvalue weighted by Crippen LogP contribution is -2.61. The van der Waals surface area contributed by atoms with Crippen LogP contribution >= 0.6 is 0 Å². The van der Waals surface area contributed by atoms with Gasteiger partial charge in [-0.1, -0.05) is 54.1 Å². The summed E-state index contributed by atoms with van der Waals surface area (Å²) in [6, 6.07) is 18.1. The van der Waals surface area contributed by atoms with Crippen LogP contribution < -0.4 is 5.32 Å². The number of fused-ring (bicyclic) bond motifs is 1. The number of likely N-dealkylation sites (tertiary alicyclic amines) is 1. The standard InChI is InChI=1S/C23H30N2O/c1-18-4-2-5-21(14-18)20-8-6-19(7-9-20)15-25-13-10-22-23(16-25,17-26)11-3-12-24-22/h2,4-9,14,22,24,26H,3,10-13,15-17H2,1H3/t22-,23-/m1/s1. The molecule has 2 N–H and O–H groups in total. The highest BCUT2D eigenvalue weighted by molar-refractivity contribution is 5.64. The number of hydrogen-bond acceptors (Lipinski definition) is 3. The van der Waals surface area contributed by atoms with Crippen LogP contribution in [0, 0.1) is 12.3 Å². The molecular formula is C23H30N2O. The topological polar surface area (TPSA) is 35.5 Å². The summed E-state index contributed by atoms with van der Waals surface area (Å²) in [5.74, 6) is 0. The predicted molar refractivity (Wildman–Crippen MR) is 107 cm³/mol. The van der Waals surface area contributed by atoms with Crippen LogP contribution in [0.4, 0.5) is 0 Å². The van der Waals surface area contributed by atoms with E-state index in [9.17, 15) is 5.11 Å². The fourth-order valence-electron chi connectivity index (χ4n) is 4.80. The van der Waals surface area contributed by atoms with Crippen LogP contribution in [0.25, 0.3) is 11.1 Å². The lowest BCUT2D eigenvalue weighted by molar-refractivity contribution is -0.0222. The maximum absolute atomic E-state index is 10.1. The second-order valence-electron chi connectivity index (χ2n) is 8.20. The van der Waals surface area contributed by atoms with Crippen molar-refractivity contribution in [3.63, 3.8) is 0 Å². The van der Waals surface area contributed by atoms with E-state index in [0.29, 0.717) is 12.6 Å². The third kappa shape index (κ3) is 3.57. The highest BCUT2D eigenvalue weighted by atomic mass is 16.3. The third-order valence-electron chi connectivity index (χ3n) is 6.28. The van der Waals surface area contributed by atoms with Gasteiger partial charge in [-0.3, -0.25) is 4.90 Å². The summed E-state index contributed by atoms with van der Waals surface area (Å²) in [6.07, 6.45) is 3.46. The van der Waals surface area contributed by atoms with Crippen LogP contribution in [0.3, 0.4) is 0 Å². The molecule has 0 unspecified atom stereocenters. The first-order chi connectivity index (χ1) is 12.7. The van der Waals surface area contributed by atoms with Gasteiger partial charge in [-0.15, -0.1) is 0 Å². The summed E-state index contributed by atoms with van der Waals surface area (Å²) in [6.45, 7) is 6.63. The van der Waals surface area contributed by atoms with Crippen LogP contribution in [0.5, 0.6) is 0 Å². The Morgan fingerprint density at radius 3 is 2.77 bits per heavy atom. The Labute approximate surface area is 157 Å². The molecule has 0 radical (unpaired) electrons. The van der Waals surface area contributed by atoms with Gasteiger partial charge in [0, 0.05) is 31.1 Å². The van der Waals surface area contributed by atoms with E-state index in [1.54, 1.807) is 0 Å². The molecule has 2 aliphatic heterocycles. The van der Waals surface area contributed by atoms with Crippen molar-refractivity contribution in [1.29, 1.82) is 0 Å².